The Morgan fingerprint density at radius 1 is 1.04 bits per heavy atom. The molecule has 1 fully saturated rings. The van der Waals surface area contributed by atoms with Crippen molar-refractivity contribution >= 4 is 40.3 Å². The van der Waals surface area contributed by atoms with E-state index in [2.05, 4.69) is 4.99 Å². The lowest BCUT2D eigenvalue weighted by Crippen LogP contribution is -2.58. The van der Waals surface area contributed by atoms with Gasteiger partial charge in [0.15, 0.2) is 11.2 Å². The molecule has 0 aromatic heterocycles. The van der Waals surface area contributed by atoms with E-state index in [1.54, 1.807) is 54.6 Å². The van der Waals surface area contributed by atoms with Crippen molar-refractivity contribution in [3.63, 3.8) is 0 Å². The van der Waals surface area contributed by atoms with Crippen molar-refractivity contribution in [3.05, 3.63) is 66.2 Å². The van der Waals surface area contributed by atoms with Gasteiger partial charge in [0.1, 0.15) is 0 Å². The van der Waals surface area contributed by atoms with E-state index < -0.39 is 23.8 Å². The molecule has 0 radical (unpaired) electrons. The Balaban J connectivity index is 1.80. The maximum absolute atomic E-state index is 13.2. The number of amidine groups is 1. The standard InChI is InChI=1S/C19H15N3O3S/c23-16-15(18(25)21-11-12-26-19(21)20-16)22(14-9-5-2-6-10-14)17(24)13-7-3-1-4-8-13/h1-10,15H,11-12H2. The lowest BCUT2D eigenvalue weighted by atomic mass is 10.1. The normalized spacial score (nSPS) is 19.2. The number of amides is 3. The number of anilines is 1. The van der Waals surface area contributed by atoms with Crippen LogP contribution < -0.4 is 4.90 Å². The Morgan fingerprint density at radius 3 is 2.38 bits per heavy atom. The first kappa shape index (κ1) is 16.5. The van der Waals surface area contributed by atoms with E-state index in [9.17, 15) is 14.4 Å². The summed E-state index contributed by atoms with van der Waals surface area (Å²) >= 11 is 1.38. The molecule has 2 aliphatic heterocycles. The highest BCUT2D eigenvalue weighted by molar-refractivity contribution is 8.14. The smallest absolute Gasteiger partial charge is 0.281 e. The number of hydrogen-bond acceptors (Lipinski definition) is 4. The molecule has 3 amide bonds. The lowest BCUT2D eigenvalue weighted by Gasteiger charge is -2.33. The molecule has 130 valence electrons. The third-order valence-electron chi connectivity index (χ3n) is 4.25. The highest BCUT2D eigenvalue weighted by atomic mass is 32.2. The summed E-state index contributed by atoms with van der Waals surface area (Å²) in [5, 5.41) is 0.427. The van der Waals surface area contributed by atoms with Crippen molar-refractivity contribution in [1.29, 1.82) is 0 Å². The van der Waals surface area contributed by atoms with Crippen LogP contribution in [-0.4, -0.2) is 46.1 Å². The van der Waals surface area contributed by atoms with Gasteiger partial charge in [-0.3, -0.25) is 24.2 Å². The molecule has 2 aromatic rings. The lowest BCUT2D eigenvalue weighted by molar-refractivity contribution is -0.134. The first-order valence-electron chi connectivity index (χ1n) is 8.17. The van der Waals surface area contributed by atoms with Gasteiger partial charge >= 0.3 is 0 Å². The fourth-order valence-electron chi connectivity index (χ4n) is 3.02. The fraction of sp³-hybridized carbons (Fsp3) is 0.158. The van der Waals surface area contributed by atoms with Crippen molar-refractivity contribution in [2.45, 2.75) is 6.04 Å². The van der Waals surface area contributed by atoms with Gasteiger partial charge in [0, 0.05) is 23.5 Å². The third kappa shape index (κ3) is 2.80. The highest BCUT2D eigenvalue weighted by Crippen LogP contribution is 2.28. The van der Waals surface area contributed by atoms with Crippen molar-refractivity contribution < 1.29 is 14.4 Å². The van der Waals surface area contributed by atoms with Crippen LogP contribution in [0, 0.1) is 0 Å². The number of thioether (sulfide) groups is 1. The van der Waals surface area contributed by atoms with Crippen LogP contribution in [0.2, 0.25) is 0 Å². The molecule has 2 aliphatic rings. The summed E-state index contributed by atoms with van der Waals surface area (Å²) in [4.78, 5) is 45.6. The van der Waals surface area contributed by atoms with E-state index in [1.807, 2.05) is 6.07 Å². The molecule has 0 N–H and O–H groups in total. The zero-order valence-electron chi connectivity index (χ0n) is 13.7. The van der Waals surface area contributed by atoms with Crippen LogP contribution >= 0.6 is 11.8 Å². The van der Waals surface area contributed by atoms with Crippen LogP contribution in [0.4, 0.5) is 5.69 Å². The molecule has 7 heteroatoms. The molecular formula is C19H15N3O3S. The molecule has 4 rings (SSSR count). The first-order chi connectivity index (χ1) is 12.7. The Kier molecular flexibility index (Phi) is 4.30. The second-order valence-electron chi connectivity index (χ2n) is 5.85. The van der Waals surface area contributed by atoms with Gasteiger partial charge in [-0.1, -0.05) is 48.2 Å². The Labute approximate surface area is 154 Å². The zero-order chi connectivity index (χ0) is 18.1. The van der Waals surface area contributed by atoms with Crippen LogP contribution in [0.25, 0.3) is 0 Å². The second kappa shape index (κ2) is 6.76. The van der Waals surface area contributed by atoms with Gasteiger partial charge in [0.05, 0.1) is 0 Å². The van der Waals surface area contributed by atoms with Crippen molar-refractivity contribution in [2.24, 2.45) is 4.99 Å². The number of hydrogen-bond donors (Lipinski definition) is 0. The number of rotatable bonds is 3. The Morgan fingerprint density at radius 2 is 1.69 bits per heavy atom. The number of para-hydroxylation sites is 1. The number of nitrogens with zero attached hydrogens (tertiary/aromatic N) is 3. The summed E-state index contributed by atoms with van der Waals surface area (Å²) in [6, 6.07) is 16.1. The van der Waals surface area contributed by atoms with Crippen LogP contribution in [0.15, 0.2) is 65.7 Å². The van der Waals surface area contributed by atoms with E-state index in [4.69, 9.17) is 0 Å². The molecule has 2 heterocycles. The number of carbonyl (C=O) groups is 3. The third-order valence-corrected chi connectivity index (χ3v) is 5.21. The topological polar surface area (TPSA) is 70.1 Å². The Bertz CT molecular complexity index is 899. The Hall–Kier alpha value is -2.93. The van der Waals surface area contributed by atoms with Crippen molar-refractivity contribution in [2.75, 3.05) is 17.2 Å². The molecule has 0 bridgehead atoms. The molecule has 26 heavy (non-hydrogen) atoms. The van der Waals surface area contributed by atoms with Gasteiger partial charge in [-0.2, -0.15) is 4.99 Å². The van der Waals surface area contributed by atoms with E-state index in [-0.39, 0.29) is 0 Å². The SMILES string of the molecule is O=C1N=C2SCCN2C(=O)C1N(C(=O)c1ccccc1)c1ccccc1. The number of carbonyl (C=O) groups excluding carboxylic acids is 3. The average Bonchev–Trinajstić information content (AvgIpc) is 3.14. The minimum atomic E-state index is -1.28. The fourth-order valence-corrected chi connectivity index (χ4v) is 3.97. The summed E-state index contributed by atoms with van der Waals surface area (Å²) in [5.41, 5.74) is 0.890. The van der Waals surface area contributed by atoms with Gasteiger partial charge in [0.2, 0.25) is 0 Å². The first-order valence-corrected chi connectivity index (χ1v) is 9.16. The predicted molar refractivity (Wildman–Crippen MR) is 100 cm³/mol. The monoisotopic (exact) mass is 365 g/mol. The van der Waals surface area contributed by atoms with Crippen LogP contribution in [0.1, 0.15) is 10.4 Å². The molecule has 1 unspecified atom stereocenters. The van der Waals surface area contributed by atoms with Crippen LogP contribution in [0.3, 0.4) is 0 Å². The minimum absolute atomic E-state index is 0.405. The van der Waals surface area contributed by atoms with E-state index in [1.165, 1.54) is 21.6 Å². The quantitative estimate of drug-likeness (QED) is 0.782. The maximum atomic E-state index is 13.2. The second-order valence-corrected chi connectivity index (χ2v) is 6.91. The van der Waals surface area contributed by atoms with Crippen molar-refractivity contribution in [1.82, 2.24) is 4.90 Å². The molecule has 0 aliphatic carbocycles. The molecule has 0 spiro atoms. The number of aliphatic imine (C=N–C) groups is 1. The van der Waals surface area contributed by atoms with Gasteiger partial charge in [-0.25, -0.2) is 0 Å². The summed E-state index contributed by atoms with van der Waals surface area (Å²) in [6.07, 6.45) is 0. The largest absolute Gasteiger partial charge is 0.288 e. The molecule has 1 atom stereocenters. The molecule has 2 aromatic carbocycles. The predicted octanol–water partition coefficient (Wildman–Crippen LogP) is 2.17. The minimum Gasteiger partial charge on any atom is -0.288 e. The van der Waals surface area contributed by atoms with Crippen LogP contribution in [0.5, 0.6) is 0 Å². The highest BCUT2D eigenvalue weighted by Gasteiger charge is 2.45. The summed E-state index contributed by atoms with van der Waals surface area (Å²) in [6.45, 7) is 0.494. The van der Waals surface area contributed by atoms with Crippen molar-refractivity contribution in [3.8, 4) is 0 Å². The number of fused-ring (bicyclic) bond motifs is 1. The number of benzene rings is 2. The zero-order valence-corrected chi connectivity index (χ0v) is 14.6. The van der Waals surface area contributed by atoms with Gasteiger partial charge < -0.3 is 0 Å². The summed E-state index contributed by atoms with van der Waals surface area (Å²) in [7, 11) is 0. The van der Waals surface area contributed by atoms with Gasteiger partial charge in [-0.15, -0.1) is 0 Å². The van der Waals surface area contributed by atoms with E-state index >= 15 is 0 Å². The molecule has 0 saturated carbocycles. The maximum Gasteiger partial charge on any atom is 0.281 e. The average molecular weight is 365 g/mol. The van der Waals surface area contributed by atoms with Gasteiger partial charge in [0.25, 0.3) is 17.7 Å². The van der Waals surface area contributed by atoms with Gasteiger partial charge in [-0.05, 0) is 24.3 Å². The molecule has 1 saturated heterocycles. The summed E-state index contributed by atoms with van der Waals surface area (Å²) < 4.78 is 0. The van der Waals surface area contributed by atoms with E-state index in [0.717, 1.165) is 0 Å². The van der Waals surface area contributed by atoms with Crippen LogP contribution in [-0.2, 0) is 9.59 Å². The molecular weight excluding hydrogens is 350 g/mol. The summed E-state index contributed by atoms with van der Waals surface area (Å²) in [5.74, 6) is -0.723. The molecule has 6 nitrogen and oxygen atoms in total. The van der Waals surface area contributed by atoms with E-state index in [0.29, 0.717) is 28.7 Å².